The molecule has 0 aliphatic rings. The average molecular weight is 449 g/mol. The molecular formula is C22H19N5O4S. The number of pyridine rings is 1. The Morgan fingerprint density at radius 1 is 1.09 bits per heavy atom. The first-order valence-electron chi connectivity index (χ1n) is 9.79. The number of hydrogen-bond acceptors (Lipinski definition) is 5. The van der Waals surface area contributed by atoms with E-state index in [0.29, 0.717) is 16.8 Å². The molecule has 0 amide bonds. The smallest absolute Gasteiger partial charge is 0.323 e. The molecule has 0 aliphatic heterocycles. The molecule has 5 aromatic rings. The van der Waals surface area contributed by atoms with E-state index in [-0.39, 0.29) is 17.1 Å². The van der Waals surface area contributed by atoms with E-state index < -0.39 is 16.0 Å². The van der Waals surface area contributed by atoms with E-state index in [1.54, 1.807) is 72.8 Å². The number of benzene rings is 1. The van der Waals surface area contributed by atoms with Gasteiger partial charge in [0.2, 0.25) is 0 Å². The van der Waals surface area contributed by atoms with E-state index in [4.69, 9.17) is 0 Å². The van der Waals surface area contributed by atoms with Crippen LogP contribution in [-0.4, -0.2) is 42.8 Å². The fourth-order valence-electron chi connectivity index (χ4n) is 3.96. The Morgan fingerprint density at radius 3 is 2.56 bits per heavy atom. The van der Waals surface area contributed by atoms with Gasteiger partial charge in [0.05, 0.1) is 28.0 Å². The highest BCUT2D eigenvalue weighted by molar-refractivity contribution is 7.90. The molecule has 10 heteroatoms. The molecule has 1 aromatic carbocycles. The van der Waals surface area contributed by atoms with E-state index in [1.807, 2.05) is 6.92 Å². The Kier molecular flexibility index (Phi) is 4.41. The van der Waals surface area contributed by atoms with E-state index in [1.165, 1.54) is 8.54 Å². The van der Waals surface area contributed by atoms with Gasteiger partial charge >= 0.3 is 5.97 Å². The van der Waals surface area contributed by atoms with E-state index >= 15 is 0 Å². The molecule has 32 heavy (non-hydrogen) atoms. The summed E-state index contributed by atoms with van der Waals surface area (Å²) >= 11 is 0. The monoisotopic (exact) mass is 449 g/mol. The van der Waals surface area contributed by atoms with Crippen molar-refractivity contribution in [2.75, 3.05) is 0 Å². The molecule has 0 atom stereocenters. The minimum atomic E-state index is -4.04. The summed E-state index contributed by atoms with van der Waals surface area (Å²) in [7, 11) is -2.26. The lowest BCUT2D eigenvalue weighted by Gasteiger charge is -2.13. The Hall–Kier alpha value is -3.92. The first-order valence-corrected chi connectivity index (χ1v) is 11.2. The maximum absolute atomic E-state index is 13.8. The molecule has 1 N–H and O–H groups in total. The van der Waals surface area contributed by atoms with Crippen LogP contribution in [0.1, 0.15) is 5.56 Å². The van der Waals surface area contributed by atoms with Crippen molar-refractivity contribution < 1.29 is 18.3 Å². The van der Waals surface area contributed by atoms with Gasteiger partial charge in [0.25, 0.3) is 10.0 Å². The molecule has 0 fully saturated rings. The standard InChI is InChI=1S/C22H19N5O4S/c1-14-5-7-16(8-6-14)32(30,31)27-19(18-4-3-9-26(18)13-20(28)29)10-17-21-15(11-23-22(17)27)12-24-25(21)2/h3-12H,13H2,1-2H3,(H,28,29). The summed E-state index contributed by atoms with van der Waals surface area (Å²) in [6.07, 6.45) is 4.86. The summed E-state index contributed by atoms with van der Waals surface area (Å²) in [5.74, 6) is -1.03. The number of rotatable bonds is 5. The van der Waals surface area contributed by atoms with Crippen molar-refractivity contribution in [1.29, 1.82) is 0 Å². The van der Waals surface area contributed by atoms with Crippen LogP contribution < -0.4 is 0 Å². The third-order valence-electron chi connectivity index (χ3n) is 5.44. The largest absolute Gasteiger partial charge is 0.480 e. The second kappa shape index (κ2) is 7.06. The maximum Gasteiger partial charge on any atom is 0.323 e. The van der Waals surface area contributed by atoms with Gasteiger partial charge in [0.1, 0.15) is 6.54 Å². The Morgan fingerprint density at radius 2 is 1.84 bits per heavy atom. The van der Waals surface area contributed by atoms with Gasteiger partial charge in [-0.25, -0.2) is 17.4 Å². The zero-order chi connectivity index (χ0) is 22.6. The molecule has 4 heterocycles. The molecule has 0 saturated heterocycles. The van der Waals surface area contributed by atoms with Crippen LogP contribution in [-0.2, 0) is 28.4 Å². The summed E-state index contributed by atoms with van der Waals surface area (Å²) in [5.41, 5.74) is 2.71. The van der Waals surface area contributed by atoms with E-state index in [0.717, 1.165) is 16.5 Å². The second-order valence-electron chi connectivity index (χ2n) is 7.59. The molecular weight excluding hydrogens is 430 g/mol. The second-order valence-corrected chi connectivity index (χ2v) is 9.38. The van der Waals surface area contributed by atoms with Gasteiger partial charge in [-0.15, -0.1) is 0 Å². The van der Waals surface area contributed by atoms with Gasteiger partial charge in [-0.1, -0.05) is 17.7 Å². The molecule has 0 spiro atoms. The first kappa shape index (κ1) is 20.0. The van der Waals surface area contributed by atoms with Gasteiger partial charge in [0, 0.05) is 30.2 Å². The number of fused-ring (bicyclic) bond motifs is 3. The Bertz CT molecular complexity index is 1610. The third-order valence-corrected chi connectivity index (χ3v) is 7.16. The Labute approximate surface area is 183 Å². The highest BCUT2D eigenvalue weighted by Crippen LogP contribution is 2.35. The molecule has 0 saturated carbocycles. The van der Waals surface area contributed by atoms with Gasteiger partial charge in [-0.2, -0.15) is 5.10 Å². The van der Waals surface area contributed by atoms with Gasteiger partial charge in [-0.3, -0.25) is 9.48 Å². The summed E-state index contributed by atoms with van der Waals surface area (Å²) in [5, 5.41) is 15.0. The predicted octanol–water partition coefficient (Wildman–Crippen LogP) is 3.02. The first-order chi connectivity index (χ1) is 15.3. The summed E-state index contributed by atoms with van der Waals surface area (Å²) in [6.45, 7) is 1.58. The number of aromatic nitrogens is 5. The highest BCUT2D eigenvalue weighted by atomic mass is 32.2. The third kappa shape index (κ3) is 2.99. The zero-order valence-electron chi connectivity index (χ0n) is 17.3. The van der Waals surface area contributed by atoms with Crippen LogP contribution in [0.25, 0.3) is 33.3 Å². The number of nitrogens with zero attached hydrogens (tertiary/aromatic N) is 5. The van der Waals surface area contributed by atoms with Crippen molar-refractivity contribution in [3.05, 3.63) is 66.6 Å². The average Bonchev–Trinajstić information content (AvgIpc) is 3.44. The summed E-state index contributed by atoms with van der Waals surface area (Å²) in [6, 6.07) is 11.7. The maximum atomic E-state index is 13.8. The quantitative estimate of drug-likeness (QED) is 0.441. The SMILES string of the molecule is Cc1ccc(S(=O)(=O)n2c(-c3cccn3CC(=O)O)cc3c4c(cnc32)cnn4C)cc1. The summed E-state index contributed by atoms with van der Waals surface area (Å²) < 4.78 is 32.0. The van der Waals surface area contributed by atoms with Gasteiger partial charge in [-0.05, 0) is 37.3 Å². The normalized spacial score (nSPS) is 12.1. The van der Waals surface area contributed by atoms with Crippen LogP contribution in [0.15, 0.2) is 66.0 Å². The zero-order valence-corrected chi connectivity index (χ0v) is 18.1. The number of carboxylic acid groups (broad SMARTS) is 1. The fourth-order valence-corrected chi connectivity index (χ4v) is 5.43. The lowest BCUT2D eigenvalue weighted by Crippen LogP contribution is -2.16. The Balaban J connectivity index is 1.88. The predicted molar refractivity (Wildman–Crippen MR) is 119 cm³/mol. The molecule has 5 rings (SSSR count). The fraction of sp³-hybridized carbons (Fsp3) is 0.136. The van der Waals surface area contributed by atoms with Crippen molar-refractivity contribution >= 4 is 37.9 Å². The van der Waals surface area contributed by atoms with Crippen molar-refractivity contribution in [3.8, 4) is 11.4 Å². The molecule has 4 aromatic heterocycles. The minimum absolute atomic E-state index is 0.116. The summed E-state index contributed by atoms with van der Waals surface area (Å²) in [4.78, 5) is 15.9. The molecule has 9 nitrogen and oxygen atoms in total. The van der Waals surface area contributed by atoms with Crippen LogP contribution in [0.5, 0.6) is 0 Å². The van der Waals surface area contributed by atoms with Crippen molar-refractivity contribution in [2.45, 2.75) is 18.4 Å². The van der Waals surface area contributed by atoms with Crippen LogP contribution in [0.3, 0.4) is 0 Å². The number of aliphatic carboxylic acids is 1. The van der Waals surface area contributed by atoms with Crippen molar-refractivity contribution in [1.82, 2.24) is 23.3 Å². The lowest BCUT2D eigenvalue weighted by molar-refractivity contribution is -0.137. The van der Waals surface area contributed by atoms with Gasteiger partial charge in [0.15, 0.2) is 5.65 Å². The van der Waals surface area contributed by atoms with Crippen molar-refractivity contribution in [3.63, 3.8) is 0 Å². The van der Waals surface area contributed by atoms with Crippen LogP contribution in [0.2, 0.25) is 0 Å². The van der Waals surface area contributed by atoms with E-state index in [2.05, 4.69) is 10.1 Å². The molecule has 0 radical (unpaired) electrons. The van der Waals surface area contributed by atoms with Crippen LogP contribution in [0.4, 0.5) is 0 Å². The van der Waals surface area contributed by atoms with Crippen LogP contribution >= 0.6 is 0 Å². The number of hydrogen-bond donors (Lipinski definition) is 1. The topological polar surface area (TPSA) is 112 Å². The highest BCUT2D eigenvalue weighted by Gasteiger charge is 2.27. The molecule has 0 aliphatic carbocycles. The van der Waals surface area contributed by atoms with Crippen molar-refractivity contribution in [2.24, 2.45) is 7.05 Å². The minimum Gasteiger partial charge on any atom is -0.480 e. The van der Waals surface area contributed by atoms with Crippen LogP contribution in [0, 0.1) is 6.92 Å². The van der Waals surface area contributed by atoms with Gasteiger partial charge < -0.3 is 9.67 Å². The lowest BCUT2D eigenvalue weighted by atomic mass is 10.2. The number of carboxylic acids is 1. The number of aryl methyl sites for hydroxylation is 2. The molecule has 162 valence electrons. The molecule has 0 unspecified atom stereocenters. The van der Waals surface area contributed by atoms with E-state index in [9.17, 15) is 18.3 Å². The molecule has 0 bridgehead atoms. The number of carbonyl (C=O) groups is 1.